The van der Waals surface area contributed by atoms with Gasteiger partial charge in [-0.3, -0.25) is 4.79 Å². The highest BCUT2D eigenvalue weighted by molar-refractivity contribution is 5.81. The average Bonchev–Trinajstić information content (AvgIpc) is 2.60. The van der Waals surface area contributed by atoms with E-state index in [2.05, 4.69) is 17.4 Å². The Morgan fingerprint density at radius 1 is 1.85 bits per heavy atom. The maximum Gasteiger partial charge on any atom is 0.326 e. The molecule has 0 radical (unpaired) electrons. The Morgan fingerprint density at radius 3 is 3.00 bits per heavy atom. The molecule has 3 heteroatoms. The van der Waals surface area contributed by atoms with Crippen LogP contribution < -0.4 is 0 Å². The van der Waals surface area contributed by atoms with Crippen molar-refractivity contribution in [1.82, 2.24) is 0 Å². The molecule has 1 rings (SSSR count). The van der Waals surface area contributed by atoms with Crippen LogP contribution in [0.15, 0.2) is 12.7 Å². The molecule has 0 bridgehead atoms. The first kappa shape index (κ1) is 9.79. The van der Waals surface area contributed by atoms with Gasteiger partial charge in [-0.15, -0.1) is 6.58 Å². The molecule has 0 heterocycles. The maximum absolute atomic E-state index is 11.4. The monoisotopic (exact) mass is 179 g/mol. The van der Waals surface area contributed by atoms with Crippen LogP contribution in [-0.2, 0) is 9.53 Å². The average molecular weight is 179 g/mol. The van der Waals surface area contributed by atoms with Gasteiger partial charge in [0.15, 0.2) is 5.41 Å². The molecule has 2 unspecified atom stereocenters. The number of carbonyl (C=O) groups excluding carboxylic acids is 1. The van der Waals surface area contributed by atoms with Crippen molar-refractivity contribution < 1.29 is 9.53 Å². The number of hydrogen-bond acceptors (Lipinski definition) is 3. The Morgan fingerprint density at radius 2 is 2.54 bits per heavy atom. The normalized spacial score (nSPS) is 32.2. The topological polar surface area (TPSA) is 50.1 Å². The molecule has 3 nitrogen and oxygen atoms in total. The quantitative estimate of drug-likeness (QED) is 0.478. The van der Waals surface area contributed by atoms with Crippen molar-refractivity contribution in [2.75, 3.05) is 7.11 Å². The first-order chi connectivity index (χ1) is 6.21. The van der Waals surface area contributed by atoms with E-state index in [9.17, 15) is 4.79 Å². The first-order valence-corrected chi connectivity index (χ1v) is 4.33. The van der Waals surface area contributed by atoms with Crippen LogP contribution in [-0.4, -0.2) is 13.1 Å². The molecule has 0 aliphatic heterocycles. The SMILES string of the molecule is C=CC1CCCC1(C#N)C(=O)OC. The van der Waals surface area contributed by atoms with E-state index < -0.39 is 11.4 Å². The molecule has 0 spiro atoms. The van der Waals surface area contributed by atoms with Crippen LogP contribution in [0.2, 0.25) is 0 Å². The highest BCUT2D eigenvalue weighted by atomic mass is 16.5. The Hall–Kier alpha value is -1.30. The van der Waals surface area contributed by atoms with Gasteiger partial charge in [-0.25, -0.2) is 0 Å². The molecule has 0 aromatic rings. The number of nitriles is 1. The predicted molar refractivity (Wildman–Crippen MR) is 47.6 cm³/mol. The van der Waals surface area contributed by atoms with Crippen LogP contribution in [0.1, 0.15) is 19.3 Å². The second-order valence-electron chi connectivity index (χ2n) is 3.31. The first-order valence-electron chi connectivity index (χ1n) is 4.33. The second-order valence-corrected chi connectivity index (χ2v) is 3.31. The summed E-state index contributed by atoms with van der Waals surface area (Å²) in [5.41, 5.74) is -0.962. The number of allylic oxidation sites excluding steroid dienone is 1. The summed E-state index contributed by atoms with van der Waals surface area (Å²) < 4.78 is 4.65. The molecule has 0 aromatic heterocycles. The van der Waals surface area contributed by atoms with Gasteiger partial charge in [-0.05, 0) is 12.8 Å². The van der Waals surface area contributed by atoms with Crippen LogP contribution in [0.25, 0.3) is 0 Å². The molecule has 70 valence electrons. The van der Waals surface area contributed by atoms with Crippen molar-refractivity contribution in [2.24, 2.45) is 11.3 Å². The fourth-order valence-electron chi connectivity index (χ4n) is 1.97. The fourth-order valence-corrected chi connectivity index (χ4v) is 1.97. The number of rotatable bonds is 2. The van der Waals surface area contributed by atoms with Gasteiger partial charge in [0.2, 0.25) is 0 Å². The van der Waals surface area contributed by atoms with Crippen molar-refractivity contribution in [3.63, 3.8) is 0 Å². The van der Waals surface area contributed by atoms with Gasteiger partial charge in [-0.1, -0.05) is 12.5 Å². The molecule has 13 heavy (non-hydrogen) atoms. The van der Waals surface area contributed by atoms with Crippen LogP contribution in [0.4, 0.5) is 0 Å². The molecule has 0 saturated heterocycles. The van der Waals surface area contributed by atoms with E-state index >= 15 is 0 Å². The Kier molecular flexibility index (Phi) is 2.72. The Labute approximate surface area is 78.0 Å². The minimum absolute atomic E-state index is 0.0510. The third-order valence-corrected chi connectivity index (χ3v) is 2.75. The molecule has 0 aromatic carbocycles. The Balaban J connectivity index is 2.99. The highest BCUT2D eigenvalue weighted by Gasteiger charge is 2.49. The summed E-state index contributed by atoms with van der Waals surface area (Å²) in [6, 6.07) is 2.08. The Bertz CT molecular complexity index is 267. The number of esters is 1. The van der Waals surface area contributed by atoms with Crippen LogP contribution in [0.3, 0.4) is 0 Å². The van der Waals surface area contributed by atoms with Crippen molar-refractivity contribution in [1.29, 1.82) is 5.26 Å². The van der Waals surface area contributed by atoms with Crippen molar-refractivity contribution >= 4 is 5.97 Å². The summed E-state index contributed by atoms with van der Waals surface area (Å²) in [5, 5.41) is 9.02. The van der Waals surface area contributed by atoms with E-state index in [1.54, 1.807) is 6.08 Å². The summed E-state index contributed by atoms with van der Waals surface area (Å²) >= 11 is 0. The van der Waals surface area contributed by atoms with Gasteiger partial charge in [0.05, 0.1) is 13.2 Å². The predicted octanol–water partition coefficient (Wildman–Crippen LogP) is 1.66. The molecular weight excluding hydrogens is 166 g/mol. The number of ether oxygens (including phenoxy) is 1. The second kappa shape index (κ2) is 3.61. The summed E-state index contributed by atoms with van der Waals surface area (Å²) in [6.45, 7) is 3.64. The number of carbonyl (C=O) groups is 1. The van der Waals surface area contributed by atoms with Crippen LogP contribution in [0.5, 0.6) is 0 Å². The molecule has 1 fully saturated rings. The van der Waals surface area contributed by atoms with Crippen LogP contribution in [0, 0.1) is 22.7 Å². The van der Waals surface area contributed by atoms with Crippen molar-refractivity contribution in [3.8, 4) is 6.07 Å². The number of nitrogens with zero attached hydrogens (tertiary/aromatic N) is 1. The smallest absolute Gasteiger partial charge is 0.326 e. The zero-order valence-corrected chi connectivity index (χ0v) is 7.75. The van der Waals surface area contributed by atoms with E-state index in [1.807, 2.05) is 0 Å². The standard InChI is InChI=1S/C10H13NO2/c1-3-8-5-4-6-10(8,7-11)9(12)13-2/h3,8H,1,4-6H2,2H3. The minimum Gasteiger partial charge on any atom is -0.468 e. The minimum atomic E-state index is -0.962. The highest BCUT2D eigenvalue weighted by Crippen LogP contribution is 2.44. The van der Waals surface area contributed by atoms with E-state index in [0.717, 1.165) is 12.8 Å². The van der Waals surface area contributed by atoms with Gasteiger partial charge < -0.3 is 4.74 Å². The summed E-state index contributed by atoms with van der Waals surface area (Å²) in [6.07, 6.45) is 4.02. The maximum atomic E-state index is 11.4. The molecule has 0 amide bonds. The zero-order valence-electron chi connectivity index (χ0n) is 7.75. The van der Waals surface area contributed by atoms with Crippen LogP contribution >= 0.6 is 0 Å². The molecule has 1 saturated carbocycles. The van der Waals surface area contributed by atoms with Gasteiger partial charge in [-0.2, -0.15) is 5.26 Å². The van der Waals surface area contributed by atoms with E-state index in [1.165, 1.54) is 7.11 Å². The lowest BCUT2D eigenvalue weighted by atomic mass is 9.79. The van der Waals surface area contributed by atoms with Gasteiger partial charge in [0.25, 0.3) is 0 Å². The molecule has 0 N–H and O–H groups in total. The third kappa shape index (κ3) is 1.33. The van der Waals surface area contributed by atoms with Gasteiger partial charge >= 0.3 is 5.97 Å². The summed E-state index contributed by atoms with van der Waals surface area (Å²) in [4.78, 5) is 11.4. The zero-order chi connectivity index (χ0) is 9.90. The van der Waals surface area contributed by atoms with Crippen molar-refractivity contribution in [3.05, 3.63) is 12.7 Å². The lowest BCUT2D eigenvalue weighted by molar-refractivity contribution is -0.150. The lowest BCUT2D eigenvalue weighted by Crippen LogP contribution is -2.33. The van der Waals surface area contributed by atoms with E-state index in [0.29, 0.717) is 6.42 Å². The molecule has 1 aliphatic carbocycles. The van der Waals surface area contributed by atoms with Gasteiger partial charge in [0, 0.05) is 5.92 Å². The summed E-state index contributed by atoms with van der Waals surface area (Å²) in [5.74, 6) is -0.470. The van der Waals surface area contributed by atoms with E-state index in [-0.39, 0.29) is 5.92 Å². The molecular formula is C10H13NO2. The number of methoxy groups -OCH3 is 1. The lowest BCUT2D eigenvalue weighted by Gasteiger charge is -2.22. The summed E-state index contributed by atoms with van der Waals surface area (Å²) in [7, 11) is 1.32. The largest absolute Gasteiger partial charge is 0.468 e. The third-order valence-electron chi connectivity index (χ3n) is 2.75. The van der Waals surface area contributed by atoms with E-state index in [4.69, 9.17) is 5.26 Å². The van der Waals surface area contributed by atoms with Crippen molar-refractivity contribution in [2.45, 2.75) is 19.3 Å². The fraction of sp³-hybridized carbons (Fsp3) is 0.600. The van der Waals surface area contributed by atoms with Gasteiger partial charge in [0.1, 0.15) is 0 Å². The number of hydrogen-bond donors (Lipinski definition) is 0. The molecule has 2 atom stereocenters. The molecule has 1 aliphatic rings.